The van der Waals surface area contributed by atoms with Crippen LogP contribution in [0.1, 0.15) is 40.5 Å². The largest absolute Gasteiger partial charge is 0.393 e. The molecule has 0 N–H and O–H groups in total. The molecular weight excluding hydrogens is 240 g/mol. The molecule has 0 saturated heterocycles. The number of esters is 2. The van der Waals surface area contributed by atoms with E-state index in [1.54, 1.807) is 26.0 Å². The Morgan fingerprint density at radius 1 is 0.895 bits per heavy atom. The van der Waals surface area contributed by atoms with Crippen molar-refractivity contribution in [3.8, 4) is 0 Å². The summed E-state index contributed by atoms with van der Waals surface area (Å²) in [7, 11) is 0. The molecule has 0 aromatic carbocycles. The monoisotopic (exact) mass is 266 g/mol. The molecule has 4 unspecified atom stereocenters. The molecule has 3 nitrogen and oxygen atoms in total. The Bertz CT molecular complexity index is 301. The molecule has 0 heterocycles. The van der Waals surface area contributed by atoms with Gasteiger partial charge in [0, 0.05) is 0 Å². The van der Waals surface area contributed by atoms with E-state index in [0.29, 0.717) is 12.8 Å². The van der Waals surface area contributed by atoms with Crippen molar-refractivity contribution in [1.29, 1.82) is 0 Å². The molecule has 0 aliphatic rings. The predicted molar refractivity (Wildman–Crippen MR) is 77.4 cm³/mol. The minimum Gasteiger partial charge on any atom is -0.393 e. The molecule has 4 atom stereocenters. The average Bonchev–Trinajstić information content (AvgIpc) is 2.37. The van der Waals surface area contributed by atoms with Gasteiger partial charge in [0.25, 0.3) is 0 Å². The third kappa shape index (κ3) is 6.94. The van der Waals surface area contributed by atoms with Crippen molar-refractivity contribution in [3.05, 3.63) is 25.3 Å². The summed E-state index contributed by atoms with van der Waals surface area (Å²) in [5.41, 5.74) is 0. The number of ether oxygens (including phenoxy) is 1. The van der Waals surface area contributed by atoms with Crippen molar-refractivity contribution in [1.82, 2.24) is 0 Å². The minimum absolute atomic E-state index is 0.232. The molecule has 0 aromatic heterocycles. The SMILES string of the molecule is C=CC(C)CC(C)C(=O)OC(=O)C(C)CC(C)C=C. The lowest BCUT2D eigenvalue weighted by Gasteiger charge is -2.16. The van der Waals surface area contributed by atoms with Crippen LogP contribution in [0.4, 0.5) is 0 Å². The van der Waals surface area contributed by atoms with Crippen LogP contribution in [0.5, 0.6) is 0 Å². The summed E-state index contributed by atoms with van der Waals surface area (Å²) in [5.74, 6) is -1.01. The predicted octanol–water partition coefficient (Wildman–Crippen LogP) is 3.75. The Hall–Kier alpha value is -1.38. The maximum atomic E-state index is 11.8. The van der Waals surface area contributed by atoms with E-state index in [9.17, 15) is 9.59 Å². The van der Waals surface area contributed by atoms with Gasteiger partial charge in [-0.25, -0.2) is 0 Å². The zero-order valence-electron chi connectivity index (χ0n) is 12.5. The van der Waals surface area contributed by atoms with Crippen LogP contribution in [0.15, 0.2) is 25.3 Å². The van der Waals surface area contributed by atoms with Gasteiger partial charge in [0.05, 0.1) is 11.8 Å². The van der Waals surface area contributed by atoms with Gasteiger partial charge in [-0.2, -0.15) is 0 Å². The molecule has 0 fully saturated rings. The highest BCUT2D eigenvalue weighted by Crippen LogP contribution is 2.17. The highest BCUT2D eigenvalue weighted by molar-refractivity contribution is 5.87. The van der Waals surface area contributed by atoms with Gasteiger partial charge in [-0.15, -0.1) is 13.2 Å². The number of hydrogen-bond acceptors (Lipinski definition) is 3. The first kappa shape index (κ1) is 17.6. The van der Waals surface area contributed by atoms with Crippen LogP contribution in [-0.2, 0) is 14.3 Å². The zero-order valence-corrected chi connectivity index (χ0v) is 12.5. The number of carbonyl (C=O) groups excluding carboxylic acids is 2. The lowest BCUT2D eigenvalue weighted by Crippen LogP contribution is -2.25. The first-order chi connectivity index (χ1) is 8.81. The standard InChI is InChI=1S/C16H26O3/c1-7-11(3)9-13(5)15(17)19-16(18)14(6)10-12(4)8-2/h7-8,11-14H,1-2,9-10H2,3-6H3. The second kappa shape index (κ2) is 8.68. The van der Waals surface area contributed by atoms with Crippen molar-refractivity contribution in [2.24, 2.45) is 23.7 Å². The third-order valence-corrected chi connectivity index (χ3v) is 3.26. The second-order valence-electron chi connectivity index (χ2n) is 5.44. The van der Waals surface area contributed by atoms with Crippen LogP contribution in [0.3, 0.4) is 0 Å². The van der Waals surface area contributed by atoms with E-state index in [4.69, 9.17) is 4.74 Å². The topological polar surface area (TPSA) is 43.4 Å². The first-order valence-corrected chi connectivity index (χ1v) is 6.82. The molecule has 0 rings (SSSR count). The van der Waals surface area contributed by atoms with Crippen molar-refractivity contribution in [2.45, 2.75) is 40.5 Å². The van der Waals surface area contributed by atoms with Crippen molar-refractivity contribution >= 4 is 11.9 Å². The lowest BCUT2D eigenvalue weighted by molar-refractivity contribution is -0.165. The Morgan fingerprint density at radius 3 is 1.47 bits per heavy atom. The van der Waals surface area contributed by atoms with E-state index in [2.05, 4.69) is 13.2 Å². The van der Waals surface area contributed by atoms with Crippen molar-refractivity contribution < 1.29 is 14.3 Å². The van der Waals surface area contributed by atoms with Crippen molar-refractivity contribution in [2.75, 3.05) is 0 Å². The summed E-state index contributed by atoms with van der Waals surface area (Å²) < 4.78 is 4.92. The van der Waals surface area contributed by atoms with Gasteiger partial charge < -0.3 is 4.74 Å². The van der Waals surface area contributed by atoms with E-state index in [-0.39, 0.29) is 23.7 Å². The number of allylic oxidation sites excluding steroid dienone is 2. The van der Waals surface area contributed by atoms with E-state index in [1.165, 1.54) is 0 Å². The molecule has 3 heteroatoms. The molecule has 0 spiro atoms. The van der Waals surface area contributed by atoms with Crippen LogP contribution in [0.2, 0.25) is 0 Å². The van der Waals surface area contributed by atoms with E-state index < -0.39 is 11.9 Å². The number of rotatable bonds is 8. The average molecular weight is 266 g/mol. The molecule has 0 aliphatic heterocycles. The quantitative estimate of drug-likeness (QED) is 0.382. The second-order valence-corrected chi connectivity index (χ2v) is 5.44. The summed E-state index contributed by atoms with van der Waals surface area (Å²) >= 11 is 0. The summed E-state index contributed by atoms with van der Waals surface area (Å²) in [6, 6.07) is 0. The van der Waals surface area contributed by atoms with Gasteiger partial charge in [-0.1, -0.05) is 39.8 Å². The molecule has 0 aliphatic carbocycles. The lowest BCUT2D eigenvalue weighted by atomic mass is 9.96. The summed E-state index contributed by atoms with van der Waals surface area (Å²) in [4.78, 5) is 23.5. The Kier molecular flexibility index (Phi) is 8.05. The number of carbonyl (C=O) groups is 2. The Morgan fingerprint density at radius 2 is 1.21 bits per heavy atom. The maximum Gasteiger partial charge on any atom is 0.316 e. The smallest absolute Gasteiger partial charge is 0.316 e. The highest BCUT2D eigenvalue weighted by Gasteiger charge is 2.23. The molecule has 0 saturated carbocycles. The zero-order chi connectivity index (χ0) is 15.0. The van der Waals surface area contributed by atoms with E-state index in [0.717, 1.165) is 0 Å². The van der Waals surface area contributed by atoms with Crippen molar-refractivity contribution in [3.63, 3.8) is 0 Å². The maximum absolute atomic E-state index is 11.8. The molecular formula is C16H26O3. The van der Waals surface area contributed by atoms with Gasteiger partial charge in [0.15, 0.2) is 0 Å². The molecule has 0 bridgehead atoms. The van der Waals surface area contributed by atoms with E-state index >= 15 is 0 Å². The molecule has 19 heavy (non-hydrogen) atoms. The van der Waals surface area contributed by atoms with Crippen LogP contribution in [0, 0.1) is 23.7 Å². The summed E-state index contributed by atoms with van der Waals surface area (Å²) in [6.45, 7) is 14.9. The minimum atomic E-state index is -0.447. The summed E-state index contributed by atoms with van der Waals surface area (Å²) in [6.07, 6.45) is 4.88. The Balaban J connectivity index is 4.27. The summed E-state index contributed by atoms with van der Waals surface area (Å²) in [5, 5.41) is 0. The molecule has 108 valence electrons. The van der Waals surface area contributed by atoms with Crippen LogP contribution >= 0.6 is 0 Å². The molecule has 0 radical (unpaired) electrons. The van der Waals surface area contributed by atoms with E-state index in [1.807, 2.05) is 13.8 Å². The highest BCUT2D eigenvalue weighted by atomic mass is 16.6. The van der Waals surface area contributed by atoms with Crippen LogP contribution in [0.25, 0.3) is 0 Å². The normalized spacial score (nSPS) is 16.8. The first-order valence-electron chi connectivity index (χ1n) is 6.82. The fourth-order valence-corrected chi connectivity index (χ4v) is 1.80. The number of hydrogen-bond donors (Lipinski definition) is 0. The molecule has 0 amide bonds. The van der Waals surface area contributed by atoms with Gasteiger partial charge in [0.1, 0.15) is 0 Å². The van der Waals surface area contributed by atoms with Gasteiger partial charge in [0.2, 0.25) is 0 Å². The fourth-order valence-electron chi connectivity index (χ4n) is 1.80. The molecule has 0 aromatic rings. The van der Waals surface area contributed by atoms with Crippen LogP contribution in [-0.4, -0.2) is 11.9 Å². The van der Waals surface area contributed by atoms with Gasteiger partial charge in [-0.05, 0) is 24.7 Å². The third-order valence-electron chi connectivity index (χ3n) is 3.26. The Labute approximate surface area is 116 Å². The van der Waals surface area contributed by atoms with Crippen LogP contribution < -0.4 is 0 Å². The van der Waals surface area contributed by atoms with Gasteiger partial charge in [-0.3, -0.25) is 9.59 Å². The fraction of sp³-hybridized carbons (Fsp3) is 0.625. The van der Waals surface area contributed by atoms with Gasteiger partial charge >= 0.3 is 11.9 Å².